The molecule has 0 aromatic heterocycles. The van der Waals surface area contributed by atoms with Gasteiger partial charge in [-0.25, -0.2) is 0 Å². The first-order valence-electron chi connectivity index (χ1n) is 4.13. The van der Waals surface area contributed by atoms with Gasteiger partial charge >= 0.3 is 0 Å². The van der Waals surface area contributed by atoms with Gasteiger partial charge in [-0.15, -0.1) is 0 Å². The van der Waals surface area contributed by atoms with E-state index in [1.165, 1.54) is 0 Å². The van der Waals surface area contributed by atoms with Gasteiger partial charge in [-0.3, -0.25) is 4.90 Å². The molecular weight excluding hydrogens is 142 g/mol. The number of nitrogens with zero attached hydrogens (tertiary/aromatic N) is 1. The molecule has 1 fully saturated rings. The van der Waals surface area contributed by atoms with Crippen LogP contribution >= 0.6 is 0 Å². The average molecular weight is 157 g/mol. The highest BCUT2D eigenvalue weighted by Gasteiger charge is 2.17. The van der Waals surface area contributed by atoms with Crippen LogP contribution in [0.1, 0.15) is 12.8 Å². The Bertz CT molecular complexity index is 127. The van der Waals surface area contributed by atoms with E-state index in [2.05, 4.69) is 4.90 Å². The van der Waals surface area contributed by atoms with Crippen molar-refractivity contribution >= 4 is 6.29 Å². The van der Waals surface area contributed by atoms with Crippen molar-refractivity contribution in [3.8, 4) is 0 Å². The molecule has 0 aromatic carbocycles. The predicted octanol–water partition coefficient (Wildman–Crippen LogP) is -0.110. The first-order valence-corrected chi connectivity index (χ1v) is 4.13. The third-order valence-electron chi connectivity index (χ3n) is 2.19. The SMILES string of the molecule is O=CCN1CCCC(CO)C1. The second kappa shape index (κ2) is 4.46. The van der Waals surface area contributed by atoms with Gasteiger partial charge < -0.3 is 9.90 Å². The lowest BCUT2D eigenvalue weighted by atomic mass is 9.99. The van der Waals surface area contributed by atoms with Crippen molar-refractivity contribution in [3.05, 3.63) is 0 Å². The van der Waals surface area contributed by atoms with Crippen LogP contribution in [0, 0.1) is 5.92 Å². The summed E-state index contributed by atoms with van der Waals surface area (Å²) >= 11 is 0. The number of aldehydes is 1. The summed E-state index contributed by atoms with van der Waals surface area (Å²) in [5.74, 6) is 0.392. The Kier molecular flexibility index (Phi) is 3.52. The molecule has 0 spiro atoms. The smallest absolute Gasteiger partial charge is 0.133 e. The maximum Gasteiger partial charge on any atom is 0.133 e. The Morgan fingerprint density at radius 3 is 3.09 bits per heavy atom. The van der Waals surface area contributed by atoms with E-state index in [1.807, 2.05) is 0 Å². The lowest BCUT2D eigenvalue weighted by Gasteiger charge is -2.29. The number of aliphatic hydroxyl groups is 1. The van der Waals surface area contributed by atoms with Crippen molar-refractivity contribution in [1.82, 2.24) is 4.90 Å². The molecular formula is C8H15NO2. The first-order chi connectivity index (χ1) is 5.36. The number of carbonyl (C=O) groups excluding carboxylic acids is 1. The Labute approximate surface area is 67.0 Å². The van der Waals surface area contributed by atoms with Crippen LogP contribution in [0.4, 0.5) is 0 Å². The zero-order valence-corrected chi connectivity index (χ0v) is 6.70. The van der Waals surface area contributed by atoms with Gasteiger partial charge in [0, 0.05) is 13.2 Å². The summed E-state index contributed by atoms with van der Waals surface area (Å²) in [7, 11) is 0. The van der Waals surface area contributed by atoms with Gasteiger partial charge in [-0.2, -0.15) is 0 Å². The molecule has 0 bridgehead atoms. The summed E-state index contributed by atoms with van der Waals surface area (Å²) in [6, 6.07) is 0. The van der Waals surface area contributed by atoms with Crippen LogP contribution in [0.25, 0.3) is 0 Å². The van der Waals surface area contributed by atoms with Crippen LogP contribution in [0.2, 0.25) is 0 Å². The zero-order valence-electron chi connectivity index (χ0n) is 6.70. The van der Waals surface area contributed by atoms with E-state index in [0.717, 1.165) is 32.2 Å². The number of likely N-dealkylation sites (tertiary alicyclic amines) is 1. The normalized spacial score (nSPS) is 26.8. The Morgan fingerprint density at radius 2 is 2.45 bits per heavy atom. The van der Waals surface area contributed by atoms with Crippen LogP contribution in [0.5, 0.6) is 0 Å². The molecule has 11 heavy (non-hydrogen) atoms. The lowest BCUT2D eigenvalue weighted by Crippen LogP contribution is -2.37. The van der Waals surface area contributed by atoms with Crippen molar-refractivity contribution in [2.75, 3.05) is 26.2 Å². The maximum atomic E-state index is 10.2. The molecule has 1 heterocycles. The molecule has 0 radical (unpaired) electrons. The number of hydrogen-bond donors (Lipinski definition) is 1. The molecule has 1 saturated heterocycles. The molecule has 1 atom stereocenters. The molecule has 1 N–H and O–H groups in total. The summed E-state index contributed by atoms with van der Waals surface area (Å²) in [6.45, 7) is 2.68. The predicted molar refractivity (Wildman–Crippen MR) is 42.3 cm³/mol. The summed E-state index contributed by atoms with van der Waals surface area (Å²) in [5.41, 5.74) is 0. The summed E-state index contributed by atoms with van der Waals surface area (Å²) in [6.07, 6.45) is 3.14. The van der Waals surface area contributed by atoms with Crippen molar-refractivity contribution in [3.63, 3.8) is 0 Å². The van der Waals surface area contributed by atoms with E-state index in [-0.39, 0.29) is 6.61 Å². The van der Waals surface area contributed by atoms with Crippen LogP contribution < -0.4 is 0 Å². The number of rotatable bonds is 3. The second-order valence-electron chi connectivity index (χ2n) is 3.12. The molecule has 1 aliphatic rings. The van der Waals surface area contributed by atoms with Crippen molar-refractivity contribution in [1.29, 1.82) is 0 Å². The second-order valence-corrected chi connectivity index (χ2v) is 3.12. The number of carbonyl (C=O) groups is 1. The van der Waals surface area contributed by atoms with Gasteiger partial charge in [0.25, 0.3) is 0 Å². The van der Waals surface area contributed by atoms with Crippen molar-refractivity contribution in [2.45, 2.75) is 12.8 Å². The molecule has 3 nitrogen and oxygen atoms in total. The van der Waals surface area contributed by atoms with Gasteiger partial charge in [0.1, 0.15) is 6.29 Å². The van der Waals surface area contributed by atoms with Gasteiger partial charge in [0.05, 0.1) is 6.54 Å². The fourth-order valence-corrected chi connectivity index (χ4v) is 1.57. The quantitative estimate of drug-likeness (QED) is 0.581. The molecule has 1 unspecified atom stereocenters. The molecule has 1 rings (SSSR count). The first kappa shape index (κ1) is 8.68. The number of aliphatic hydroxyl groups excluding tert-OH is 1. The third kappa shape index (κ3) is 2.60. The highest BCUT2D eigenvalue weighted by Crippen LogP contribution is 2.14. The van der Waals surface area contributed by atoms with Gasteiger partial charge in [-0.05, 0) is 25.3 Å². The third-order valence-corrected chi connectivity index (χ3v) is 2.19. The van der Waals surface area contributed by atoms with E-state index < -0.39 is 0 Å². The van der Waals surface area contributed by atoms with E-state index in [0.29, 0.717) is 12.5 Å². The van der Waals surface area contributed by atoms with Crippen LogP contribution in [-0.4, -0.2) is 42.5 Å². The molecule has 64 valence electrons. The van der Waals surface area contributed by atoms with Crippen LogP contribution in [0.3, 0.4) is 0 Å². The van der Waals surface area contributed by atoms with E-state index in [1.54, 1.807) is 0 Å². The van der Waals surface area contributed by atoms with Crippen molar-refractivity contribution < 1.29 is 9.90 Å². The monoisotopic (exact) mass is 157 g/mol. The molecule has 0 saturated carbocycles. The summed E-state index contributed by atoms with van der Waals surface area (Å²) in [4.78, 5) is 12.3. The van der Waals surface area contributed by atoms with E-state index in [9.17, 15) is 4.79 Å². The standard InChI is InChI=1S/C8H15NO2/c10-5-4-9-3-1-2-8(6-9)7-11/h5,8,11H,1-4,6-7H2. The fraction of sp³-hybridized carbons (Fsp3) is 0.875. The topological polar surface area (TPSA) is 40.5 Å². The van der Waals surface area contributed by atoms with Gasteiger partial charge in [-0.1, -0.05) is 0 Å². The van der Waals surface area contributed by atoms with Gasteiger partial charge in [0.2, 0.25) is 0 Å². The highest BCUT2D eigenvalue weighted by molar-refractivity contribution is 5.51. The van der Waals surface area contributed by atoms with E-state index in [4.69, 9.17) is 5.11 Å². The Hall–Kier alpha value is -0.410. The molecule has 1 aliphatic heterocycles. The minimum atomic E-state index is 0.259. The Balaban J connectivity index is 2.27. The Morgan fingerprint density at radius 1 is 1.64 bits per heavy atom. The average Bonchev–Trinajstić information content (AvgIpc) is 2.06. The minimum Gasteiger partial charge on any atom is -0.396 e. The fourth-order valence-electron chi connectivity index (χ4n) is 1.57. The van der Waals surface area contributed by atoms with Gasteiger partial charge in [0.15, 0.2) is 0 Å². The summed E-state index contributed by atoms with van der Waals surface area (Å²) in [5, 5.41) is 8.86. The highest BCUT2D eigenvalue weighted by atomic mass is 16.3. The van der Waals surface area contributed by atoms with Crippen LogP contribution in [-0.2, 0) is 4.79 Å². The molecule has 0 amide bonds. The largest absolute Gasteiger partial charge is 0.396 e. The van der Waals surface area contributed by atoms with Crippen LogP contribution in [0.15, 0.2) is 0 Å². The van der Waals surface area contributed by atoms with E-state index >= 15 is 0 Å². The molecule has 3 heteroatoms. The molecule has 0 aromatic rings. The summed E-state index contributed by atoms with van der Waals surface area (Å²) < 4.78 is 0. The number of hydrogen-bond acceptors (Lipinski definition) is 3. The maximum absolute atomic E-state index is 10.2. The number of piperidine rings is 1. The van der Waals surface area contributed by atoms with Crippen molar-refractivity contribution in [2.24, 2.45) is 5.92 Å². The molecule has 0 aliphatic carbocycles. The minimum absolute atomic E-state index is 0.259. The lowest BCUT2D eigenvalue weighted by molar-refractivity contribution is -0.109. The zero-order chi connectivity index (χ0) is 8.10.